The molecule has 4 aliphatic rings. The largest absolute Gasteiger partial charge is 0.361 e. The van der Waals surface area contributed by atoms with Gasteiger partial charge in [0.25, 0.3) is 0 Å². The molecular weight excluding hydrogens is 398 g/mol. The molecule has 1 amide bonds. The van der Waals surface area contributed by atoms with Crippen molar-refractivity contribution < 1.29 is 9.32 Å². The summed E-state index contributed by atoms with van der Waals surface area (Å²) in [6.07, 6.45) is 9.42. The summed E-state index contributed by atoms with van der Waals surface area (Å²) in [6, 6.07) is 1.90. The molecule has 2 heterocycles. The van der Waals surface area contributed by atoms with Gasteiger partial charge in [-0.2, -0.15) is 0 Å². The van der Waals surface area contributed by atoms with Crippen molar-refractivity contribution in [3.8, 4) is 0 Å². The number of carbonyl (C=O) groups is 1. The molecule has 7 nitrogen and oxygen atoms in total. The molecule has 0 spiro atoms. The monoisotopic (exact) mass is 429 g/mol. The van der Waals surface area contributed by atoms with Crippen LogP contribution >= 0.6 is 11.8 Å². The molecule has 4 aliphatic carbocycles. The van der Waals surface area contributed by atoms with Crippen LogP contribution in [0.5, 0.6) is 0 Å². The molecule has 8 heteroatoms. The highest BCUT2D eigenvalue weighted by molar-refractivity contribution is 7.99. The smallest absolute Gasteiger partial charge is 0.226 e. The predicted molar refractivity (Wildman–Crippen MR) is 113 cm³/mol. The lowest BCUT2D eigenvalue weighted by molar-refractivity contribution is -0.146. The van der Waals surface area contributed by atoms with Gasteiger partial charge in [0.2, 0.25) is 5.91 Å². The molecule has 0 atom stereocenters. The van der Waals surface area contributed by atoms with Crippen LogP contribution in [0, 0.1) is 30.1 Å². The normalized spacial score (nSPS) is 29.5. The zero-order valence-corrected chi connectivity index (χ0v) is 18.7. The molecule has 0 aliphatic heterocycles. The standard InChI is InChI=1S/C22H31N5O2S/c1-3-4-5-27-18(24-25-21(27)30-19-6-14(2)29-26-19)13-23-20(28)22-10-15-7-16(11-22)9-17(8-15)12-22/h6,15-17H,3-5,7-13H2,1-2H3,(H,23,28). The molecule has 4 saturated carbocycles. The van der Waals surface area contributed by atoms with Gasteiger partial charge in [-0.1, -0.05) is 18.5 Å². The number of amides is 1. The maximum atomic E-state index is 13.3. The Morgan fingerprint density at radius 2 is 1.93 bits per heavy atom. The van der Waals surface area contributed by atoms with E-state index in [1.165, 1.54) is 31.0 Å². The van der Waals surface area contributed by atoms with Crippen molar-refractivity contribution in [1.29, 1.82) is 0 Å². The first-order valence-electron chi connectivity index (χ1n) is 11.4. The number of nitrogens with zero attached hydrogens (tertiary/aromatic N) is 4. The highest BCUT2D eigenvalue weighted by Gasteiger charge is 2.54. The first kappa shape index (κ1) is 20.1. The summed E-state index contributed by atoms with van der Waals surface area (Å²) >= 11 is 1.46. The van der Waals surface area contributed by atoms with Crippen molar-refractivity contribution in [2.45, 2.75) is 88.5 Å². The van der Waals surface area contributed by atoms with E-state index in [9.17, 15) is 4.79 Å². The van der Waals surface area contributed by atoms with Crippen LogP contribution in [0.4, 0.5) is 0 Å². The summed E-state index contributed by atoms with van der Waals surface area (Å²) < 4.78 is 7.30. The highest BCUT2D eigenvalue weighted by atomic mass is 32.2. The Kier molecular flexibility index (Phi) is 5.37. The lowest BCUT2D eigenvalue weighted by Gasteiger charge is -2.55. The van der Waals surface area contributed by atoms with Crippen molar-refractivity contribution in [2.24, 2.45) is 23.2 Å². The molecule has 0 unspecified atom stereocenters. The van der Waals surface area contributed by atoms with E-state index in [4.69, 9.17) is 4.52 Å². The number of nitrogens with one attached hydrogen (secondary N) is 1. The van der Waals surface area contributed by atoms with Gasteiger partial charge in [0.1, 0.15) is 10.8 Å². The Labute approximate surface area is 181 Å². The fourth-order valence-corrected chi connectivity index (χ4v) is 7.16. The van der Waals surface area contributed by atoms with Gasteiger partial charge in [-0.3, -0.25) is 4.79 Å². The fraction of sp³-hybridized carbons (Fsp3) is 0.727. The van der Waals surface area contributed by atoms with Crippen molar-refractivity contribution in [1.82, 2.24) is 25.2 Å². The second-order valence-corrected chi connectivity index (χ2v) is 10.6. The molecule has 162 valence electrons. The van der Waals surface area contributed by atoms with E-state index in [0.29, 0.717) is 6.54 Å². The topological polar surface area (TPSA) is 85.8 Å². The van der Waals surface area contributed by atoms with Crippen LogP contribution in [0.3, 0.4) is 0 Å². The summed E-state index contributed by atoms with van der Waals surface area (Å²) in [5.41, 5.74) is -0.126. The Balaban J connectivity index is 1.29. The van der Waals surface area contributed by atoms with E-state index in [0.717, 1.165) is 78.2 Å². The summed E-state index contributed by atoms with van der Waals surface area (Å²) in [4.78, 5) is 13.3. The van der Waals surface area contributed by atoms with Crippen LogP contribution in [0.2, 0.25) is 0 Å². The number of hydrogen-bond acceptors (Lipinski definition) is 6. The van der Waals surface area contributed by atoms with Gasteiger partial charge < -0.3 is 14.4 Å². The lowest BCUT2D eigenvalue weighted by atomic mass is 9.49. The third-order valence-electron chi connectivity index (χ3n) is 7.26. The molecule has 1 N–H and O–H groups in total. The molecule has 4 bridgehead atoms. The molecular formula is C22H31N5O2S. The molecule has 6 rings (SSSR count). The Morgan fingerprint density at radius 1 is 1.23 bits per heavy atom. The second kappa shape index (κ2) is 8.02. The van der Waals surface area contributed by atoms with Gasteiger partial charge in [0.15, 0.2) is 11.0 Å². The van der Waals surface area contributed by atoms with Gasteiger partial charge in [0.05, 0.1) is 6.54 Å². The number of unbranched alkanes of at least 4 members (excludes halogenated alkanes) is 1. The van der Waals surface area contributed by atoms with Gasteiger partial charge in [-0.15, -0.1) is 10.2 Å². The molecule has 2 aromatic rings. The van der Waals surface area contributed by atoms with Crippen molar-refractivity contribution in [2.75, 3.05) is 0 Å². The van der Waals surface area contributed by atoms with E-state index < -0.39 is 0 Å². The van der Waals surface area contributed by atoms with Crippen LogP contribution in [-0.4, -0.2) is 25.8 Å². The molecule has 0 radical (unpaired) electrons. The number of aromatic nitrogens is 4. The lowest BCUT2D eigenvalue weighted by Crippen LogP contribution is -2.53. The molecule has 30 heavy (non-hydrogen) atoms. The zero-order valence-electron chi connectivity index (χ0n) is 17.9. The summed E-state index contributed by atoms with van der Waals surface area (Å²) in [5.74, 6) is 4.15. The third-order valence-corrected chi connectivity index (χ3v) is 8.14. The zero-order chi connectivity index (χ0) is 20.7. The van der Waals surface area contributed by atoms with Crippen LogP contribution in [0.1, 0.15) is 69.9 Å². The summed E-state index contributed by atoms with van der Waals surface area (Å²) in [7, 11) is 0. The van der Waals surface area contributed by atoms with Crippen LogP contribution < -0.4 is 5.32 Å². The van der Waals surface area contributed by atoms with Gasteiger partial charge >= 0.3 is 0 Å². The maximum Gasteiger partial charge on any atom is 0.226 e. The average Bonchev–Trinajstić information content (AvgIpc) is 3.29. The van der Waals surface area contributed by atoms with E-state index >= 15 is 0 Å². The van der Waals surface area contributed by atoms with Crippen molar-refractivity contribution in [3.63, 3.8) is 0 Å². The quantitative estimate of drug-likeness (QED) is 0.671. The summed E-state index contributed by atoms with van der Waals surface area (Å²) in [6.45, 7) is 5.33. The van der Waals surface area contributed by atoms with Gasteiger partial charge in [-0.05, 0) is 81.4 Å². The van der Waals surface area contributed by atoms with E-state index in [1.54, 1.807) is 0 Å². The maximum absolute atomic E-state index is 13.3. The second-order valence-electron chi connectivity index (χ2n) is 9.66. The minimum Gasteiger partial charge on any atom is -0.361 e. The Morgan fingerprint density at radius 3 is 2.53 bits per heavy atom. The van der Waals surface area contributed by atoms with Crippen LogP contribution in [-0.2, 0) is 17.9 Å². The van der Waals surface area contributed by atoms with Crippen LogP contribution in [0.25, 0.3) is 0 Å². The number of carbonyl (C=O) groups excluding carboxylic acids is 1. The minimum absolute atomic E-state index is 0.126. The van der Waals surface area contributed by atoms with Crippen molar-refractivity contribution in [3.05, 3.63) is 17.7 Å². The third kappa shape index (κ3) is 3.79. The van der Waals surface area contributed by atoms with E-state index in [2.05, 4.69) is 32.2 Å². The van der Waals surface area contributed by atoms with Crippen LogP contribution in [0.15, 0.2) is 20.8 Å². The molecule has 2 aromatic heterocycles. The number of aryl methyl sites for hydroxylation is 1. The van der Waals surface area contributed by atoms with E-state index in [-0.39, 0.29) is 11.3 Å². The SMILES string of the molecule is CCCCn1c(CNC(=O)C23CC4CC(CC(C4)C2)C3)nnc1Sc1cc(C)on1. The van der Waals surface area contributed by atoms with Gasteiger partial charge in [0, 0.05) is 18.0 Å². The van der Waals surface area contributed by atoms with E-state index in [1.807, 2.05) is 13.0 Å². The molecule has 4 fully saturated rings. The first-order valence-corrected chi connectivity index (χ1v) is 12.2. The number of hydrogen-bond donors (Lipinski definition) is 1. The Hall–Kier alpha value is -1.83. The summed E-state index contributed by atoms with van der Waals surface area (Å²) in [5, 5.41) is 17.7. The van der Waals surface area contributed by atoms with Crippen molar-refractivity contribution >= 4 is 17.7 Å². The fourth-order valence-electron chi connectivity index (χ4n) is 6.29. The Bertz CT molecular complexity index is 885. The average molecular weight is 430 g/mol. The molecule has 0 aromatic carbocycles. The number of rotatable bonds is 8. The minimum atomic E-state index is -0.126. The van der Waals surface area contributed by atoms with Gasteiger partial charge in [-0.25, -0.2) is 0 Å². The first-order chi connectivity index (χ1) is 14.5. The highest BCUT2D eigenvalue weighted by Crippen LogP contribution is 2.60. The predicted octanol–water partition coefficient (Wildman–Crippen LogP) is 4.36. The molecule has 0 saturated heterocycles.